The first-order valence-corrected chi connectivity index (χ1v) is 10.9. The molecule has 2 atom stereocenters. The molecule has 1 aromatic rings. The van der Waals surface area contributed by atoms with Gasteiger partial charge in [0.25, 0.3) is 0 Å². The third kappa shape index (κ3) is 10.6. The van der Waals surface area contributed by atoms with E-state index in [1.54, 1.807) is 0 Å². The van der Waals surface area contributed by atoms with E-state index in [1.165, 1.54) is 74.5 Å². The van der Waals surface area contributed by atoms with E-state index in [4.69, 9.17) is 0 Å². The molecule has 0 N–H and O–H groups in total. The Hall–Kier alpha value is -1.30. The van der Waals surface area contributed by atoms with Crippen molar-refractivity contribution in [2.24, 2.45) is 11.8 Å². The SMILES string of the molecule is C=C(C)Cc1cccc(C)c1.CCCCCCC/C=C/C1CCC[C@@H]1C. The second-order valence-electron chi connectivity index (χ2n) is 8.33. The molecule has 0 nitrogen and oxygen atoms in total. The molecule has 0 radical (unpaired) electrons. The largest absolute Gasteiger partial charge is 0.0998 e. The van der Waals surface area contributed by atoms with Crippen molar-refractivity contribution in [3.05, 3.63) is 59.7 Å². The third-order valence-electron chi connectivity index (χ3n) is 5.37. The van der Waals surface area contributed by atoms with Crippen LogP contribution >= 0.6 is 0 Å². The van der Waals surface area contributed by atoms with Crippen molar-refractivity contribution in [2.75, 3.05) is 0 Å². The Morgan fingerprint density at radius 2 is 1.92 bits per heavy atom. The first-order valence-electron chi connectivity index (χ1n) is 10.9. The van der Waals surface area contributed by atoms with E-state index < -0.39 is 0 Å². The molecule has 0 aliphatic heterocycles. The summed E-state index contributed by atoms with van der Waals surface area (Å²) in [5, 5.41) is 0. The second-order valence-corrected chi connectivity index (χ2v) is 8.33. The van der Waals surface area contributed by atoms with Gasteiger partial charge in [-0.25, -0.2) is 0 Å². The van der Waals surface area contributed by atoms with E-state index >= 15 is 0 Å². The van der Waals surface area contributed by atoms with Crippen molar-refractivity contribution in [3.63, 3.8) is 0 Å². The van der Waals surface area contributed by atoms with Gasteiger partial charge in [0.1, 0.15) is 0 Å². The van der Waals surface area contributed by atoms with Gasteiger partial charge in [-0.15, -0.1) is 0 Å². The zero-order chi connectivity index (χ0) is 19.2. The quantitative estimate of drug-likeness (QED) is 0.308. The van der Waals surface area contributed by atoms with Crippen LogP contribution in [0.15, 0.2) is 48.6 Å². The van der Waals surface area contributed by atoms with Crippen molar-refractivity contribution >= 4 is 0 Å². The summed E-state index contributed by atoms with van der Waals surface area (Å²) in [6.45, 7) is 12.7. The Balaban J connectivity index is 0.000000273. The summed E-state index contributed by atoms with van der Waals surface area (Å²) in [5.74, 6) is 1.85. The first-order chi connectivity index (χ1) is 12.5. The average molecular weight is 355 g/mol. The van der Waals surface area contributed by atoms with Gasteiger partial charge in [-0.2, -0.15) is 0 Å². The molecule has 0 saturated heterocycles. The van der Waals surface area contributed by atoms with Crippen LogP contribution in [-0.4, -0.2) is 0 Å². The van der Waals surface area contributed by atoms with Crippen molar-refractivity contribution in [3.8, 4) is 0 Å². The van der Waals surface area contributed by atoms with Gasteiger partial charge in [-0.05, 0) is 56.9 Å². The van der Waals surface area contributed by atoms with E-state index in [1.807, 2.05) is 0 Å². The fourth-order valence-corrected chi connectivity index (χ4v) is 3.77. The molecular formula is C26H42. The molecule has 0 amide bonds. The zero-order valence-electron chi connectivity index (χ0n) is 17.9. The van der Waals surface area contributed by atoms with E-state index in [-0.39, 0.29) is 0 Å². The van der Waals surface area contributed by atoms with Gasteiger partial charge < -0.3 is 0 Å². The lowest BCUT2D eigenvalue weighted by Gasteiger charge is -2.08. The van der Waals surface area contributed by atoms with Gasteiger partial charge in [0.15, 0.2) is 0 Å². The molecule has 1 fully saturated rings. The lowest BCUT2D eigenvalue weighted by Crippen LogP contribution is -1.98. The van der Waals surface area contributed by atoms with Gasteiger partial charge >= 0.3 is 0 Å². The predicted molar refractivity (Wildman–Crippen MR) is 119 cm³/mol. The summed E-state index contributed by atoms with van der Waals surface area (Å²) >= 11 is 0. The fourth-order valence-electron chi connectivity index (χ4n) is 3.77. The highest BCUT2D eigenvalue weighted by atomic mass is 14.2. The number of hydrogen-bond donors (Lipinski definition) is 0. The van der Waals surface area contributed by atoms with E-state index in [9.17, 15) is 0 Å². The Labute approximate surface area is 163 Å². The topological polar surface area (TPSA) is 0 Å². The van der Waals surface area contributed by atoms with Gasteiger partial charge in [-0.3, -0.25) is 0 Å². The number of rotatable bonds is 9. The number of benzene rings is 1. The standard InChI is InChI=1S/C15H28.C11H14/c1-3-4-5-6-7-8-9-12-15-13-10-11-14(15)2;1-9(2)7-11-6-4-5-10(3)8-11/h9,12,14-15H,3-8,10-11,13H2,1-2H3;4-6,8H,1,7H2,2-3H3/b12-9+;/t14-,15?;/m0./s1. The van der Waals surface area contributed by atoms with Crippen LogP contribution in [-0.2, 0) is 6.42 Å². The normalized spacial score (nSPS) is 19.4. The maximum absolute atomic E-state index is 3.88. The monoisotopic (exact) mass is 354 g/mol. The van der Waals surface area contributed by atoms with Gasteiger partial charge in [0, 0.05) is 0 Å². The summed E-state index contributed by atoms with van der Waals surface area (Å²) in [4.78, 5) is 0. The highest BCUT2D eigenvalue weighted by molar-refractivity contribution is 5.25. The van der Waals surface area contributed by atoms with E-state index in [2.05, 4.69) is 70.7 Å². The zero-order valence-corrected chi connectivity index (χ0v) is 17.9. The highest BCUT2D eigenvalue weighted by Crippen LogP contribution is 2.32. The molecule has 0 aromatic heterocycles. The molecule has 0 heterocycles. The smallest absolute Gasteiger partial charge is 0.00725 e. The summed E-state index contributed by atoms with van der Waals surface area (Å²) in [6, 6.07) is 8.55. The molecule has 0 spiro atoms. The van der Waals surface area contributed by atoms with Gasteiger partial charge in [-0.1, -0.05) is 107 Å². The summed E-state index contributed by atoms with van der Waals surface area (Å²) in [5.41, 5.74) is 3.90. The highest BCUT2D eigenvalue weighted by Gasteiger charge is 2.19. The van der Waals surface area contributed by atoms with E-state index in [0.29, 0.717) is 0 Å². The maximum Gasteiger partial charge on any atom is -0.00725 e. The molecule has 1 saturated carbocycles. The molecule has 0 bridgehead atoms. The molecule has 1 aromatic carbocycles. The van der Waals surface area contributed by atoms with Crippen molar-refractivity contribution in [2.45, 2.75) is 91.9 Å². The van der Waals surface area contributed by atoms with Crippen LogP contribution in [0.25, 0.3) is 0 Å². The van der Waals surface area contributed by atoms with Crippen LogP contribution < -0.4 is 0 Å². The van der Waals surface area contributed by atoms with Crippen molar-refractivity contribution in [1.82, 2.24) is 0 Å². The number of unbranched alkanes of at least 4 members (excludes halogenated alkanes) is 5. The minimum atomic E-state index is 0.903. The minimum Gasteiger partial charge on any atom is -0.0998 e. The molecular weight excluding hydrogens is 312 g/mol. The van der Waals surface area contributed by atoms with Gasteiger partial charge in [0.2, 0.25) is 0 Å². The van der Waals surface area contributed by atoms with Crippen molar-refractivity contribution in [1.29, 1.82) is 0 Å². The first kappa shape index (κ1) is 22.7. The van der Waals surface area contributed by atoms with Crippen LogP contribution in [0.4, 0.5) is 0 Å². The lowest BCUT2D eigenvalue weighted by molar-refractivity contribution is 0.502. The summed E-state index contributed by atoms with van der Waals surface area (Å²) in [6.07, 6.45) is 18.6. The molecule has 26 heavy (non-hydrogen) atoms. The molecule has 1 unspecified atom stereocenters. The fraction of sp³-hybridized carbons (Fsp3) is 0.615. The summed E-state index contributed by atoms with van der Waals surface area (Å²) in [7, 11) is 0. The molecule has 2 rings (SSSR count). The maximum atomic E-state index is 3.88. The van der Waals surface area contributed by atoms with Crippen LogP contribution in [0, 0.1) is 18.8 Å². The molecule has 0 heteroatoms. The Kier molecular flexibility index (Phi) is 12.1. The van der Waals surface area contributed by atoms with E-state index in [0.717, 1.165) is 18.3 Å². The van der Waals surface area contributed by atoms with Crippen LogP contribution in [0.5, 0.6) is 0 Å². The Morgan fingerprint density at radius 1 is 1.15 bits per heavy atom. The number of hydrogen-bond acceptors (Lipinski definition) is 0. The van der Waals surface area contributed by atoms with Crippen molar-refractivity contribution < 1.29 is 0 Å². The second kappa shape index (κ2) is 13.8. The number of aryl methyl sites for hydroxylation is 1. The molecule has 1 aliphatic carbocycles. The lowest BCUT2D eigenvalue weighted by atomic mass is 9.97. The molecule has 146 valence electrons. The average Bonchev–Trinajstić information content (AvgIpc) is 2.99. The number of allylic oxidation sites excluding steroid dienone is 3. The minimum absolute atomic E-state index is 0.903. The van der Waals surface area contributed by atoms with Crippen LogP contribution in [0.3, 0.4) is 0 Å². The third-order valence-corrected chi connectivity index (χ3v) is 5.37. The Bertz CT molecular complexity index is 523. The van der Waals surface area contributed by atoms with Gasteiger partial charge in [0.05, 0.1) is 0 Å². The Morgan fingerprint density at radius 3 is 2.54 bits per heavy atom. The molecule has 1 aliphatic rings. The predicted octanol–water partition coefficient (Wildman–Crippen LogP) is 8.45. The van der Waals surface area contributed by atoms with Crippen LogP contribution in [0.2, 0.25) is 0 Å². The summed E-state index contributed by atoms with van der Waals surface area (Å²) < 4.78 is 0. The van der Waals surface area contributed by atoms with Crippen LogP contribution in [0.1, 0.15) is 89.7 Å².